The van der Waals surface area contributed by atoms with Gasteiger partial charge in [-0.1, -0.05) is 20.8 Å². The Bertz CT molecular complexity index is 767. The van der Waals surface area contributed by atoms with Crippen LogP contribution in [-0.4, -0.2) is 28.2 Å². The Labute approximate surface area is 143 Å². The molecule has 5 nitrogen and oxygen atoms in total. The maximum Gasteiger partial charge on any atom is 0.226 e. The normalized spacial score (nSPS) is 17.8. The third-order valence-electron chi connectivity index (χ3n) is 4.41. The van der Waals surface area contributed by atoms with Gasteiger partial charge in [-0.15, -0.1) is 0 Å². The van der Waals surface area contributed by atoms with Gasteiger partial charge in [0, 0.05) is 25.3 Å². The van der Waals surface area contributed by atoms with Crippen molar-refractivity contribution in [3.8, 4) is 0 Å². The van der Waals surface area contributed by atoms with E-state index in [1.807, 2.05) is 6.92 Å². The van der Waals surface area contributed by atoms with Gasteiger partial charge in [0.2, 0.25) is 5.91 Å². The van der Waals surface area contributed by atoms with E-state index in [1.54, 1.807) is 0 Å². The highest BCUT2D eigenvalue weighted by molar-refractivity contribution is 5.92. The quantitative estimate of drug-likeness (QED) is 0.928. The number of pyridine rings is 1. The number of carbonyl (C=O) groups is 1. The summed E-state index contributed by atoms with van der Waals surface area (Å²) in [6, 6.07) is 4.19. The lowest BCUT2D eigenvalue weighted by atomic mass is 9.92. The van der Waals surface area contributed by atoms with Crippen molar-refractivity contribution < 1.29 is 9.53 Å². The zero-order valence-corrected chi connectivity index (χ0v) is 15.3. The molecule has 2 aromatic heterocycles. The minimum atomic E-state index is -0.0369. The first kappa shape index (κ1) is 17.0. The Kier molecular flexibility index (Phi) is 4.38. The molecule has 1 atom stereocenters. The van der Waals surface area contributed by atoms with Crippen molar-refractivity contribution in [3.05, 3.63) is 23.4 Å². The third-order valence-corrected chi connectivity index (χ3v) is 4.41. The standard InChI is InChI=1S/C19H27N3O2/c1-12-8-16-15(9-13(2)22(16)11-14-6-7-24-14)20-18(12)21-17(23)10-19(3,4)5/h8-9,14H,6-7,10-11H2,1-5H3,(H,20,21,23). The van der Waals surface area contributed by atoms with Crippen LogP contribution in [-0.2, 0) is 16.1 Å². The Morgan fingerprint density at radius 1 is 1.38 bits per heavy atom. The van der Waals surface area contributed by atoms with E-state index < -0.39 is 0 Å². The van der Waals surface area contributed by atoms with Gasteiger partial charge in [0.05, 0.1) is 17.1 Å². The van der Waals surface area contributed by atoms with Gasteiger partial charge >= 0.3 is 0 Å². The molecule has 5 heteroatoms. The molecule has 0 aliphatic carbocycles. The van der Waals surface area contributed by atoms with Crippen LogP contribution in [0, 0.1) is 19.3 Å². The molecule has 0 spiro atoms. The molecule has 0 bridgehead atoms. The summed E-state index contributed by atoms with van der Waals surface area (Å²) >= 11 is 0. The molecule has 1 aliphatic rings. The largest absolute Gasteiger partial charge is 0.376 e. The van der Waals surface area contributed by atoms with E-state index in [1.165, 1.54) is 5.69 Å². The highest BCUT2D eigenvalue weighted by Crippen LogP contribution is 2.26. The van der Waals surface area contributed by atoms with Gasteiger partial charge < -0.3 is 14.6 Å². The van der Waals surface area contributed by atoms with Crippen LogP contribution < -0.4 is 5.32 Å². The van der Waals surface area contributed by atoms with Crippen LogP contribution in [0.3, 0.4) is 0 Å². The van der Waals surface area contributed by atoms with E-state index >= 15 is 0 Å². The number of carbonyl (C=O) groups excluding carboxylic acids is 1. The number of aromatic nitrogens is 2. The molecule has 1 unspecified atom stereocenters. The number of aryl methyl sites for hydroxylation is 2. The van der Waals surface area contributed by atoms with Gasteiger partial charge in [0.25, 0.3) is 0 Å². The number of ether oxygens (including phenoxy) is 1. The number of hydrogen-bond acceptors (Lipinski definition) is 3. The molecule has 3 rings (SSSR count). The molecule has 24 heavy (non-hydrogen) atoms. The van der Waals surface area contributed by atoms with Gasteiger partial charge in [-0.05, 0) is 43.4 Å². The first-order chi connectivity index (χ1) is 11.2. The summed E-state index contributed by atoms with van der Waals surface area (Å²) in [5.41, 5.74) is 4.15. The minimum absolute atomic E-state index is 0.0106. The maximum atomic E-state index is 12.2. The zero-order valence-electron chi connectivity index (χ0n) is 15.3. The predicted molar refractivity (Wildman–Crippen MR) is 96.3 cm³/mol. The minimum Gasteiger partial charge on any atom is -0.376 e. The van der Waals surface area contributed by atoms with Crippen LogP contribution >= 0.6 is 0 Å². The van der Waals surface area contributed by atoms with Crippen LogP contribution in [0.4, 0.5) is 5.82 Å². The Balaban J connectivity index is 1.86. The lowest BCUT2D eigenvalue weighted by molar-refractivity contribution is -0.117. The number of fused-ring (bicyclic) bond motifs is 1. The molecule has 1 amide bonds. The lowest BCUT2D eigenvalue weighted by Crippen LogP contribution is -2.31. The number of rotatable bonds is 4. The average molecular weight is 329 g/mol. The number of nitrogens with one attached hydrogen (secondary N) is 1. The van der Waals surface area contributed by atoms with E-state index in [0.717, 1.165) is 36.2 Å². The van der Waals surface area contributed by atoms with Crippen LogP contribution in [0.25, 0.3) is 11.0 Å². The molecular weight excluding hydrogens is 302 g/mol. The topological polar surface area (TPSA) is 56.1 Å². The fourth-order valence-electron chi connectivity index (χ4n) is 3.06. The summed E-state index contributed by atoms with van der Waals surface area (Å²) in [5.74, 6) is 0.672. The van der Waals surface area contributed by atoms with Crippen molar-refractivity contribution in [2.45, 2.75) is 60.1 Å². The summed E-state index contributed by atoms with van der Waals surface area (Å²) in [4.78, 5) is 16.9. The SMILES string of the molecule is Cc1cc2c(cc(C)n2CC2CCO2)nc1NC(=O)CC(C)(C)C. The summed E-state index contributed by atoms with van der Waals surface area (Å²) in [6.45, 7) is 12.0. The number of hydrogen-bond donors (Lipinski definition) is 1. The molecule has 1 saturated heterocycles. The first-order valence-corrected chi connectivity index (χ1v) is 8.62. The van der Waals surface area contributed by atoms with Crippen molar-refractivity contribution in [1.82, 2.24) is 9.55 Å². The van der Waals surface area contributed by atoms with Crippen molar-refractivity contribution in [2.24, 2.45) is 5.41 Å². The zero-order chi connectivity index (χ0) is 17.5. The summed E-state index contributed by atoms with van der Waals surface area (Å²) in [6.07, 6.45) is 1.91. The molecule has 0 saturated carbocycles. The van der Waals surface area contributed by atoms with Crippen molar-refractivity contribution >= 4 is 22.8 Å². The molecule has 0 radical (unpaired) electrons. The second kappa shape index (κ2) is 6.20. The second-order valence-electron chi connectivity index (χ2n) is 8.02. The average Bonchev–Trinajstić information content (AvgIpc) is 2.67. The maximum absolute atomic E-state index is 12.2. The van der Waals surface area contributed by atoms with Gasteiger partial charge in [-0.2, -0.15) is 0 Å². The number of nitrogens with zero attached hydrogens (tertiary/aromatic N) is 2. The number of anilines is 1. The fourth-order valence-corrected chi connectivity index (χ4v) is 3.06. The third kappa shape index (κ3) is 3.61. The Morgan fingerprint density at radius 2 is 2.08 bits per heavy atom. The monoisotopic (exact) mass is 329 g/mol. The smallest absolute Gasteiger partial charge is 0.226 e. The van der Waals surface area contributed by atoms with Gasteiger partial charge in [-0.3, -0.25) is 4.79 Å². The molecule has 1 fully saturated rings. The number of amides is 1. The van der Waals surface area contributed by atoms with Gasteiger partial charge in [-0.25, -0.2) is 4.98 Å². The summed E-state index contributed by atoms with van der Waals surface area (Å²) in [7, 11) is 0. The predicted octanol–water partition coefficient (Wildman–Crippen LogP) is 3.82. The Hall–Kier alpha value is -1.88. The highest BCUT2D eigenvalue weighted by Gasteiger charge is 2.21. The summed E-state index contributed by atoms with van der Waals surface area (Å²) < 4.78 is 7.83. The highest BCUT2D eigenvalue weighted by atomic mass is 16.5. The molecule has 1 aliphatic heterocycles. The van der Waals surface area contributed by atoms with Crippen molar-refractivity contribution in [1.29, 1.82) is 0 Å². The van der Waals surface area contributed by atoms with E-state index in [2.05, 4.69) is 54.7 Å². The van der Waals surface area contributed by atoms with Crippen LogP contribution in [0.1, 0.15) is 44.9 Å². The van der Waals surface area contributed by atoms with Crippen LogP contribution in [0.5, 0.6) is 0 Å². The van der Waals surface area contributed by atoms with E-state index in [9.17, 15) is 4.79 Å². The van der Waals surface area contributed by atoms with Crippen molar-refractivity contribution in [3.63, 3.8) is 0 Å². The summed E-state index contributed by atoms with van der Waals surface area (Å²) in [5, 5.41) is 2.97. The molecular formula is C19H27N3O2. The van der Waals surface area contributed by atoms with E-state index in [4.69, 9.17) is 4.74 Å². The second-order valence-corrected chi connectivity index (χ2v) is 8.02. The molecule has 1 N–H and O–H groups in total. The molecule has 0 aromatic carbocycles. The molecule has 2 aromatic rings. The first-order valence-electron chi connectivity index (χ1n) is 8.62. The van der Waals surface area contributed by atoms with Crippen LogP contribution in [0.2, 0.25) is 0 Å². The van der Waals surface area contributed by atoms with E-state index in [-0.39, 0.29) is 11.3 Å². The van der Waals surface area contributed by atoms with Gasteiger partial charge in [0.15, 0.2) is 0 Å². The van der Waals surface area contributed by atoms with Gasteiger partial charge in [0.1, 0.15) is 5.82 Å². The van der Waals surface area contributed by atoms with Crippen molar-refractivity contribution in [2.75, 3.05) is 11.9 Å². The Morgan fingerprint density at radius 3 is 2.67 bits per heavy atom. The lowest BCUT2D eigenvalue weighted by Gasteiger charge is -2.27. The van der Waals surface area contributed by atoms with E-state index in [0.29, 0.717) is 18.3 Å². The molecule has 130 valence electrons. The molecule has 3 heterocycles. The van der Waals surface area contributed by atoms with Crippen LogP contribution in [0.15, 0.2) is 12.1 Å². The fraction of sp³-hybridized carbons (Fsp3) is 0.579.